The molecule has 1 aliphatic heterocycles. The molecule has 1 heterocycles. The van der Waals surface area contributed by atoms with Crippen LogP contribution < -0.4 is 5.32 Å². The van der Waals surface area contributed by atoms with Crippen molar-refractivity contribution in [1.82, 2.24) is 10.2 Å². The number of guanidine groups is 1. The zero-order chi connectivity index (χ0) is 16.6. The van der Waals surface area contributed by atoms with Gasteiger partial charge in [0.2, 0.25) is 0 Å². The molecule has 1 aliphatic rings. The van der Waals surface area contributed by atoms with Gasteiger partial charge in [0.1, 0.15) is 0 Å². The van der Waals surface area contributed by atoms with E-state index in [0.717, 1.165) is 57.2 Å². The highest BCUT2D eigenvalue weighted by Gasteiger charge is 2.30. The van der Waals surface area contributed by atoms with Crippen LogP contribution in [0.15, 0.2) is 4.99 Å². The van der Waals surface area contributed by atoms with Gasteiger partial charge in [-0.3, -0.25) is 4.99 Å². The first-order valence-corrected chi connectivity index (χ1v) is 9.68. The molecule has 0 aromatic rings. The third-order valence-corrected chi connectivity index (χ3v) is 6.06. The number of hydrogen-bond donors (Lipinski definition) is 2. The lowest BCUT2D eigenvalue weighted by Crippen LogP contribution is -2.51. The first-order valence-electron chi connectivity index (χ1n) is 8.70. The second-order valence-corrected chi connectivity index (χ2v) is 8.68. The van der Waals surface area contributed by atoms with Gasteiger partial charge in [0.25, 0.3) is 0 Å². The van der Waals surface area contributed by atoms with Crippen LogP contribution in [0.4, 0.5) is 0 Å². The third-order valence-electron chi connectivity index (χ3n) is 4.77. The van der Waals surface area contributed by atoms with Crippen molar-refractivity contribution in [3.8, 4) is 0 Å². The number of rotatable bonds is 7. The molecule has 1 rings (SSSR count). The summed E-state index contributed by atoms with van der Waals surface area (Å²) in [6.07, 6.45) is 2.97. The summed E-state index contributed by atoms with van der Waals surface area (Å²) in [5.41, 5.74) is 0.134. The summed E-state index contributed by atoms with van der Waals surface area (Å²) in [4.78, 5) is 7.34. The van der Waals surface area contributed by atoms with Crippen molar-refractivity contribution in [3.63, 3.8) is 0 Å². The summed E-state index contributed by atoms with van der Waals surface area (Å²) in [6.45, 7) is 15.2. The second-order valence-electron chi connectivity index (χ2n) is 6.88. The van der Waals surface area contributed by atoms with Crippen molar-refractivity contribution in [1.29, 1.82) is 0 Å². The van der Waals surface area contributed by atoms with Gasteiger partial charge in [0, 0.05) is 43.3 Å². The first kappa shape index (κ1) is 19.6. The molecule has 22 heavy (non-hydrogen) atoms. The number of aliphatic imine (C=N–C) groups is 1. The maximum Gasteiger partial charge on any atom is 0.194 e. The van der Waals surface area contributed by atoms with Crippen LogP contribution in [-0.2, 0) is 0 Å². The molecule has 1 fully saturated rings. The minimum atomic E-state index is 0.134. The van der Waals surface area contributed by atoms with Gasteiger partial charge in [-0.05, 0) is 45.4 Å². The zero-order valence-electron chi connectivity index (χ0n) is 15.1. The van der Waals surface area contributed by atoms with E-state index in [1.54, 1.807) is 0 Å². The van der Waals surface area contributed by atoms with Crippen molar-refractivity contribution in [2.45, 2.75) is 58.6 Å². The lowest BCUT2D eigenvalue weighted by molar-refractivity contribution is 0.175. The smallest absolute Gasteiger partial charge is 0.194 e. The second kappa shape index (κ2) is 9.02. The fourth-order valence-electron chi connectivity index (χ4n) is 3.01. The van der Waals surface area contributed by atoms with E-state index < -0.39 is 0 Å². The average Bonchev–Trinajstić information content (AvgIpc) is 2.49. The molecule has 2 N–H and O–H groups in total. The molecule has 0 aromatic heterocycles. The van der Waals surface area contributed by atoms with E-state index >= 15 is 0 Å². The topological polar surface area (TPSA) is 47.9 Å². The molecule has 5 heteroatoms. The molecule has 0 amide bonds. The van der Waals surface area contributed by atoms with Gasteiger partial charge >= 0.3 is 0 Å². The van der Waals surface area contributed by atoms with Gasteiger partial charge in [0.05, 0.1) is 0 Å². The largest absolute Gasteiger partial charge is 0.396 e. The monoisotopic (exact) mass is 329 g/mol. The molecule has 0 aromatic carbocycles. The minimum absolute atomic E-state index is 0.134. The molecule has 0 atom stereocenters. The van der Waals surface area contributed by atoms with E-state index in [9.17, 15) is 5.11 Å². The molecule has 130 valence electrons. The SMILES string of the molecule is CCNC(=NCC(CC)(CC)CCO)N1CCSC(C)(C)C1. The quantitative estimate of drug-likeness (QED) is 0.557. The highest BCUT2D eigenvalue weighted by molar-refractivity contribution is 8.00. The number of aliphatic hydroxyl groups excluding tert-OH is 1. The Morgan fingerprint density at radius 1 is 1.32 bits per heavy atom. The van der Waals surface area contributed by atoms with E-state index in [0.29, 0.717) is 0 Å². The summed E-state index contributed by atoms with van der Waals surface area (Å²) in [5.74, 6) is 2.20. The Morgan fingerprint density at radius 2 is 2.00 bits per heavy atom. The Labute approximate surface area is 141 Å². The Morgan fingerprint density at radius 3 is 2.50 bits per heavy atom. The van der Waals surface area contributed by atoms with Crippen molar-refractivity contribution in [3.05, 3.63) is 0 Å². The summed E-state index contributed by atoms with van der Waals surface area (Å²) in [5, 5.41) is 12.8. The number of nitrogens with one attached hydrogen (secondary N) is 1. The number of thioether (sulfide) groups is 1. The highest BCUT2D eigenvalue weighted by Crippen LogP contribution is 2.32. The molecule has 1 saturated heterocycles. The molecular weight excluding hydrogens is 294 g/mol. The van der Waals surface area contributed by atoms with E-state index in [1.807, 2.05) is 11.8 Å². The van der Waals surface area contributed by atoms with Crippen LogP contribution >= 0.6 is 11.8 Å². The fraction of sp³-hybridized carbons (Fsp3) is 0.941. The standard InChI is InChI=1S/C17H35N3OS/c1-6-17(7-2,9-11-21)13-19-15(18-8-3)20-10-12-22-16(4,5)14-20/h21H,6-14H2,1-5H3,(H,18,19). The summed E-state index contributed by atoms with van der Waals surface area (Å²) < 4.78 is 0.284. The number of aliphatic hydroxyl groups is 1. The molecule has 0 saturated carbocycles. The van der Waals surface area contributed by atoms with Gasteiger partial charge in [-0.25, -0.2) is 0 Å². The van der Waals surface area contributed by atoms with Crippen LogP contribution in [0.1, 0.15) is 53.9 Å². The van der Waals surface area contributed by atoms with E-state index in [2.05, 4.69) is 44.8 Å². The molecule has 4 nitrogen and oxygen atoms in total. The fourth-order valence-corrected chi connectivity index (χ4v) is 4.12. The molecule has 0 radical (unpaired) electrons. The molecule has 0 unspecified atom stereocenters. The van der Waals surface area contributed by atoms with Gasteiger partial charge < -0.3 is 15.3 Å². The highest BCUT2D eigenvalue weighted by atomic mass is 32.2. The third kappa shape index (κ3) is 5.65. The van der Waals surface area contributed by atoms with Gasteiger partial charge in [-0.15, -0.1) is 0 Å². The van der Waals surface area contributed by atoms with Crippen LogP contribution in [0.3, 0.4) is 0 Å². The predicted molar refractivity (Wildman–Crippen MR) is 98.8 cm³/mol. The Balaban J connectivity index is 2.84. The van der Waals surface area contributed by atoms with Crippen molar-refractivity contribution in [2.75, 3.05) is 38.5 Å². The van der Waals surface area contributed by atoms with Crippen LogP contribution in [0.2, 0.25) is 0 Å². The van der Waals surface area contributed by atoms with Crippen molar-refractivity contribution < 1.29 is 5.11 Å². The summed E-state index contributed by atoms with van der Waals surface area (Å²) in [6, 6.07) is 0. The van der Waals surface area contributed by atoms with Crippen molar-refractivity contribution >= 4 is 17.7 Å². The van der Waals surface area contributed by atoms with E-state index in [1.165, 1.54) is 0 Å². The van der Waals surface area contributed by atoms with Crippen LogP contribution in [-0.4, -0.2) is 59.3 Å². The number of nitrogens with zero attached hydrogens (tertiary/aromatic N) is 2. The lowest BCUT2D eigenvalue weighted by atomic mass is 9.79. The molecular formula is C17H35N3OS. The Kier molecular flexibility index (Phi) is 8.04. The summed E-state index contributed by atoms with van der Waals surface area (Å²) in [7, 11) is 0. The van der Waals surface area contributed by atoms with Crippen LogP contribution in [0, 0.1) is 5.41 Å². The number of hydrogen-bond acceptors (Lipinski definition) is 3. The normalized spacial score (nSPS) is 19.4. The van der Waals surface area contributed by atoms with Crippen LogP contribution in [0.25, 0.3) is 0 Å². The molecule has 0 spiro atoms. The van der Waals surface area contributed by atoms with Crippen LogP contribution in [0.5, 0.6) is 0 Å². The minimum Gasteiger partial charge on any atom is -0.396 e. The van der Waals surface area contributed by atoms with Crippen molar-refractivity contribution in [2.24, 2.45) is 10.4 Å². The van der Waals surface area contributed by atoms with Gasteiger partial charge in [0.15, 0.2) is 5.96 Å². The predicted octanol–water partition coefficient (Wildman–Crippen LogP) is 2.97. The maximum absolute atomic E-state index is 9.37. The van der Waals surface area contributed by atoms with Gasteiger partial charge in [-0.2, -0.15) is 11.8 Å². The molecule has 0 aliphatic carbocycles. The average molecular weight is 330 g/mol. The Bertz CT molecular complexity index is 354. The van der Waals surface area contributed by atoms with E-state index in [4.69, 9.17) is 4.99 Å². The maximum atomic E-state index is 9.37. The first-order chi connectivity index (χ1) is 10.4. The van der Waals surface area contributed by atoms with E-state index in [-0.39, 0.29) is 16.8 Å². The Hall–Kier alpha value is -0.420. The zero-order valence-corrected chi connectivity index (χ0v) is 15.9. The molecule has 0 bridgehead atoms. The lowest BCUT2D eigenvalue weighted by Gasteiger charge is -2.39. The van der Waals surface area contributed by atoms with Gasteiger partial charge in [-0.1, -0.05) is 13.8 Å². The summed E-state index contributed by atoms with van der Waals surface area (Å²) >= 11 is 2.04.